The Kier molecular flexibility index (Phi) is 6.93. The number of rotatable bonds is 8. The molecule has 3 rings (SSSR count). The molecule has 0 aliphatic heterocycles. The van der Waals surface area contributed by atoms with E-state index in [1.165, 1.54) is 20.4 Å². The second kappa shape index (κ2) is 9.82. The summed E-state index contributed by atoms with van der Waals surface area (Å²) in [6, 6.07) is 9.79. The smallest absolute Gasteiger partial charge is 0.349 e. The molecule has 3 aromatic rings. The van der Waals surface area contributed by atoms with Gasteiger partial charge in [-0.05, 0) is 38.1 Å². The maximum Gasteiger partial charge on any atom is 0.349 e. The molecule has 1 atom stereocenters. The van der Waals surface area contributed by atoms with E-state index in [1.54, 1.807) is 50.2 Å². The van der Waals surface area contributed by atoms with Crippen LogP contribution in [0, 0.1) is 0 Å². The van der Waals surface area contributed by atoms with Crippen molar-refractivity contribution >= 4 is 23.1 Å². The maximum absolute atomic E-state index is 12.6. The van der Waals surface area contributed by atoms with Gasteiger partial charge in [-0.3, -0.25) is 4.79 Å². The summed E-state index contributed by atoms with van der Waals surface area (Å²) in [6.45, 7) is 3.47. The predicted octanol–water partition coefficient (Wildman–Crippen LogP) is 1.92. The molecule has 0 saturated carbocycles. The Labute approximate surface area is 183 Å². The van der Waals surface area contributed by atoms with Gasteiger partial charge in [0, 0.05) is 5.56 Å². The van der Waals surface area contributed by atoms with E-state index < -0.39 is 23.3 Å². The van der Waals surface area contributed by atoms with Crippen molar-refractivity contribution in [3.05, 3.63) is 62.8 Å². The van der Waals surface area contributed by atoms with Crippen LogP contribution in [0.5, 0.6) is 17.2 Å². The molecule has 168 valence electrons. The quantitative estimate of drug-likeness (QED) is 0.419. The van der Waals surface area contributed by atoms with E-state index in [0.717, 1.165) is 4.68 Å². The topological polar surface area (TPSA) is 121 Å². The van der Waals surface area contributed by atoms with Crippen LogP contribution in [0.25, 0.3) is 10.9 Å². The van der Waals surface area contributed by atoms with Gasteiger partial charge in [-0.2, -0.15) is 5.10 Å². The molecule has 0 unspecified atom stereocenters. The Bertz CT molecular complexity index is 1250. The van der Waals surface area contributed by atoms with Crippen LogP contribution in [-0.2, 0) is 9.53 Å². The highest BCUT2D eigenvalue weighted by atomic mass is 16.6. The average Bonchev–Trinajstić information content (AvgIpc) is 2.79. The maximum atomic E-state index is 12.6. The summed E-state index contributed by atoms with van der Waals surface area (Å²) in [7, 11) is 2.85. The predicted molar refractivity (Wildman–Crippen MR) is 118 cm³/mol. The van der Waals surface area contributed by atoms with E-state index in [-0.39, 0.29) is 23.9 Å². The van der Waals surface area contributed by atoms with Gasteiger partial charge in [0.05, 0.1) is 37.9 Å². The van der Waals surface area contributed by atoms with Crippen molar-refractivity contribution in [1.29, 1.82) is 0 Å². The minimum absolute atomic E-state index is 0.202. The molecule has 0 spiro atoms. The van der Waals surface area contributed by atoms with Gasteiger partial charge in [0.15, 0.2) is 17.6 Å². The number of carbonyl (C=O) groups excluding carboxylic acids is 1. The highest BCUT2D eigenvalue weighted by molar-refractivity contribution is 5.83. The number of fused-ring (bicyclic) bond motifs is 1. The number of hydrogen-bond acceptors (Lipinski definition) is 8. The number of para-hydroxylation sites is 1. The van der Waals surface area contributed by atoms with E-state index in [1.807, 2.05) is 0 Å². The standard InChI is InChI=1S/C22H23N3O7/c1-5-31-21(27)13(2)32-19-17(29-3)10-14(11-18(19)30-4)12-23-25-20(26)15-8-6-7-9-16(15)24-22(25)28/h6-13H,5H2,1-4H3,(H,24,28)/t13-/m1/s1. The van der Waals surface area contributed by atoms with Crippen molar-refractivity contribution in [2.45, 2.75) is 20.0 Å². The summed E-state index contributed by atoms with van der Waals surface area (Å²) in [6.07, 6.45) is 0.418. The molecule has 0 aliphatic rings. The number of hydrogen-bond donors (Lipinski definition) is 1. The lowest BCUT2D eigenvalue weighted by Crippen LogP contribution is -2.32. The molecule has 10 heteroatoms. The van der Waals surface area contributed by atoms with Crippen LogP contribution in [0.15, 0.2) is 51.1 Å². The van der Waals surface area contributed by atoms with Gasteiger partial charge in [-0.1, -0.05) is 12.1 Å². The van der Waals surface area contributed by atoms with Crippen LogP contribution in [0.3, 0.4) is 0 Å². The van der Waals surface area contributed by atoms with E-state index in [0.29, 0.717) is 16.5 Å². The Morgan fingerprint density at radius 1 is 1.16 bits per heavy atom. The summed E-state index contributed by atoms with van der Waals surface area (Å²) in [4.78, 5) is 39.4. The highest BCUT2D eigenvalue weighted by Crippen LogP contribution is 2.39. The van der Waals surface area contributed by atoms with Crippen LogP contribution in [0.4, 0.5) is 0 Å². The van der Waals surface area contributed by atoms with Crippen LogP contribution in [0.1, 0.15) is 19.4 Å². The van der Waals surface area contributed by atoms with Crippen LogP contribution >= 0.6 is 0 Å². The zero-order valence-electron chi connectivity index (χ0n) is 18.1. The van der Waals surface area contributed by atoms with Gasteiger partial charge in [-0.25, -0.2) is 9.59 Å². The lowest BCUT2D eigenvalue weighted by Gasteiger charge is -2.18. The fourth-order valence-electron chi connectivity index (χ4n) is 2.96. The number of esters is 1. The normalized spacial score (nSPS) is 12.0. The minimum Gasteiger partial charge on any atom is -0.493 e. The van der Waals surface area contributed by atoms with Crippen LogP contribution < -0.4 is 25.5 Å². The number of carbonyl (C=O) groups is 1. The first kappa shape index (κ1) is 22.6. The van der Waals surface area contributed by atoms with Crippen molar-refractivity contribution in [3.8, 4) is 17.2 Å². The van der Waals surface area contributed by atoms with E-state index in [4.69, 9.17) is 18.9 Å². The SMILES string of the molecule is CCOC(=O)[C@@H](C)Oc1c(OC)cc(C=Nn2c(=O)[nH]c3ccccc3c2=O)cc1OC. The van der Waals surface area contributed by atoms with Gasteiger partial charge >= 0.3 is 11.7 Å². The number of methoxy groups -OCH3 is 2. The van der Waals surface area contributed by atoms with Crippen LogP contribution in [0.2, 0.25) is 0 Å². The molecule has 0 bridgehead atoms. The van der Waals surface area contributed by atoms with Crippen molar-refractivity contribution in [1.82, 2.24) is 9.66 Å². The third kappa shape index (κ3) is 4.64. The molecule has 2 aromatic carbocycles. The monoisotopic (exact) mass is 441 g/mol. The third-order valence-electron chi connectivity index (χ3n) is 4.50. The van der Waals surface area contributed by atoms with Gasteiger partial charge in [0.2, 0.25) is 5.75 Å². The highest BCUT2D eigenvalue weighted by Gasteiger charge is 2.22. The lowest BCUT2D eigenvalue weighted by molar-refractivity contribution is -0.150. The number of ether oxygens (including phenoxy) is 4. The summed E-state index contributed by atoms with van der Waals surface area (Å²) in [5, 5.41) is 4.36. The first-order valence-corrected chi connectivity index (χ1v) is 9.77. The Hall–Kier alpha value is -4.08. The van der Waals surface area contributed by atoms with Crippen molar-refractivity contribution < 1.29 is 23.7 Å². The zero-order valence-corrected chi connectivity index (χ0v) is 18.1. The largest absolute Gasteiger partial charge is 0.493 e. The second-order valence-electron chi connectivity index (χ2n) is 6.60. The lowest BCUT2D eigenvalue weighted by atomic mass is 10.2. The van der Waals surface area contributed by atoms with Crippen molar-refractivity contribution in [2.75, 3.05) is 20.8 Å². The van der Waals surface area contributed by atoms with Crippen molar-refractivity contribution in [3.63, 3.8) is 0 Å². The number of aromatic nitrogens is 2. The summed E-state index contributed by atoms with van der Waals surface area (Å²) in [5.41, 5.74) is -0.335. The Morgan fingerprint density at radius 2 is 1.81 bits per heavy atom. The first-order chi connectivity index (χ1) is 15.4. The summed E-state index contributed by atoms with van der Waals surface area (Å²) < 4.78 is 22.1. The number of benzene rings is 2. The molecular formula is C22H23N3O7. The van der Waals surface area contributed by atoms with E-state index in [9.17, 15) is 14.4 Å². The van der Waals surface area contributed by atoms with Crippen molar-refractivity contribution in [2.24, 2.45) is 5.10 Å². The fourth-order valence-corrected chi connectivity index (χ4v) is 2.96. The van der Waals surface area contributed by atoms with Gasteiger partial charge < -0.3 is 23.9 Å². The number of H-pyrrole nitrogens is 1. The molecule has 1 heterocycles. The zero-order chi connectivity index (χ0) is 23.3. The Balaban J connectivity index is 1.99. The number of nitrogens with zero attached hydrogens (tertiary/aromatic N) is 2. The number of aromatic amines is 1. The average molecular weight is 441 g/mol. The number of nitrogens with one attached hydrogen (secondary N) is 1. The second-order valence-corrected chi connectivity index (χ2v) is 6.60. The molecular weight excluding hydrogens is 418 g/mol. The van der Waals surface area contributed by atoms with E-state index >= 15 is 0 Å². The molecule has 1 aromatic heterocycles. The molecule has 10 nitrogen and oxygen atoms in total. The molecule has 0 amide bonds. The Morgan fingerprint density at radius 3 is 2.44 bits per heavy atom. The molecule has 0 radical (unpaired) electrons. The fraction of sp³-hybridized carbons (Fsp3) is 0.273. The minimum atomic E-state index is -0.896. The molecule has 0 fully saturated rings. The molecule has 0 saturated heterocycles. The van der Waals surface area contributed by atoms with Gasteiger partial charge in [0.25, 0.3) is 5.56 Å². The molecule has 32 heavy (non-hydrogen) atoms. The third-order valence-corrected chi connectivity index (χ3v) is 4.50. The van der Waals surface area contributed by atoms with Crippen LogP contribution in [-0.4, -0.2) is 48.8 Å². The first-order valence-electron chi connectivity index (χ1n) is 9.77. The molecule has 0 aliphatic carbocycles. The van der Waals surface area contributed by atoms with Gasteiger partial charge in [-0.15, -0.1) is 4.68 Å². The van der Waals surface area contributed by atoms with Gasteiger partial charge in [0.1, 0.15) is 0 Å². The summed E-state index contributed by atoms with van der Waals surface area (Å²) in [5.74, 6) is 0.203. The summed E-state index contributed by atoms with van der Waals surface area (Å²) >= 11 is 0. The van der Waals surface area contributed by atoms with E-state index in [2.05, 4.69) is 10.1 Å². The molecule has 1 N–H and O–H groups in total.